The van der Waals surface area contributed by atoms with Gasteiger partial charge in [0.1, 0.15) is 6.04 Å². The summed E-state index contributed by atoms with van der Waals surface area (Å²) in [7, 11) is 1.42. The molecule has 0 aliphatic rings. The Morgan fingerprint density at radius 1 is 1.33 bits per heavy atom. The molecule has 0 saturated carbocycles. The molecular formula is C15H23NO2. The summed E-state index contributed by atoms with van der Waals surface area (Å²) in [6.45, 7) is 8.44. The van der Waals surface area contributed by atoms with Gasteiger partial charge in [-0.25, -0.2) is 4.79 Å². The highest BCUT2D eigenvalue weighted by atomic mass is 16.5. The SMILES string of the molecule is CCC(Nc1ccccc1C(C)(C)C)C(=O)OC. The zero-order valence-corrected chi connectivity index (χ0v) is 11.9. The van der Waals surface area contributed by atoms with E-state index >= 15 is 0 Å². The minimum atomic E-state index is -0.293. The maximum absolute atomic E-state index is 11.6. The van der Waals surface area contributed by atoms with Crippen LogP contribution >= 0.6 is 0 Å². The number of anilines is 1. The monoisotopic (exact) mass is 249 g/mol. The quantitative estimate of drug-likeness (QED) is 0.832. The number of rotatable bonds is 4. The van der Waals surface area contributed by atoms with E-state index < -0.39 is 0 Å². The number of benzene rings is 1. The molecule has 0 aromatic heterocycles. The molecule has 0 saturated heterocycles. The van der Waals surface area contributed by atoms with E-state index in [9.17, 15) is 4.79 Å². The van der Waals surface area contributed by atoms with Gasteiger partial charge >= 0.3 is 5.97 Å². The predicted octanol–water partition coefficient (Wildman–Crippen LogP) is 3.35. The lowest BCUT2D eigenvalue weighted by atomic mass is 9.85. The molecule has 3 nitrogen and oxygen atoms in total. The first kappa shape index (κ1) is 14.6. The van der Waals surface area contributed by atoms with Gasteiger partial charge in [0, 0.05) is 5.69 Å². The molecule has 1 aromatic carbocycles. The second kappa shape index (κ2) is 5.89. The number of esters is 1. The minimum Gasteiger partial charge on any atom is -0.467 e. The first-order chi connectivity index (χ1) is 8.40. The molecule has 0 aliphatic heterocycles. The summed E-state index contributed by atoms with van der Waals surface area (Å²) in [5, 5.41) is 3.28. The predicted molar refractivity (Wildman–Crippen MR) is 74.9 cm³/mol. The molecule has 0 spiro atoms. The standard InChI is InChI=1S/C15H23NO2/c1-6-12(14(17)18-5)16-13-10-8-7-9-11(13)15(2,3)4/h7-10,12,16H,6H2,1-5H3. The van der Waals surface area contributed by atoms with Crippen LogP contribution in [0, 0.1) is 0 Å². The summed E-state index contributed by atoms with van der Waals surface area (Å²) in [5.41, 5.74) is 2.24. The summed E-state index contributed by atoms with van der Waals surface area (Å²) in [6.07, 6.45) is 0.700. The Morgan fingerprint density at radius 3 is 2.44 bits per heavy atom. The third-order valence-corrected chi connectivity index (χ3v) is 2.96. The van der Waals surface area contributed by atoms with Crippen molar-refractivity contribution in [1.29, 1.82) is 0 Å². The van der Waals surface area contributed by atoms with Gasteiger partial charge in [0.2, 0.25) is 0 Å². The fraction of sp³-hybridized carbons (Fsp3) is 0.533. The zero-order chi connectivity index (χ0) is 13.8. The van der Waals surface area contributed by atoms with Crippen LogP contribution in [0.15, 0.2) is 24.3 Å². The van der Waals surface area contributed by atoms with Gasteiger partial charge in [-0.3, -0.25) is 0 Å². The fourth-order valence-corrected chi connectivity index (χ4v) is 1.92. The first-order valence-corrected chi connectivity index (χ1v) is 6.34. The molecule has 0 heterocycles. The van der Waals surface area contributed by atoms with E-state index in [4.69, 9.17) is 4.74 Å². The summed E-state index contributed by atoms with van der Waals surface area (Å²) >= 11 is 0. The molecule has 1 aromatic rings. The summed E-state index contributed by atoms with van der Waals surface area (Å²) in [5.74, 6) is -0.221. The van der Waals surface area contributed by atoms with Gasteiger partial charge in [0.25, 0.3) is 0 Å². The summed E-state index contributed by atoms with van der Waals surface area (Å²) in [6, 6.07) is 7.80. The van der Waals surface area contributed by atoms with Crippen LogP contribution in [0.1, 0.15) is 39.7 Å². The highest BCUT2D eigenvalue weighted by Gasteiger charge is 2.21. The number of ether oxygens (including phenoxy) is 1. The van der Waals surface area contributed by atoms with Gasteiger partial charge in [0.05, 0.1) is 7.11 Å². The molecule has 0 aliphatic carbocycles. The topological polar surface area (TPSA) is 38.3 Å². The number of para-hydroxylation sites is 1. The Bertz CT molecular complexity index is 407. The van der Waals surface area contributed by atoms with Gasteiger partial charge < -0.3 is 10.1 Å². The van der Waals surface area contributed by atoms with Gasteiger partial charge in [-0.15, -0.1) is 0 Å². The number of carbonyl (C=O) groups is 1. The highest BCUT2D eigenvalue weighted by Crippen LogP contribution is 2.29. The van der Waals surface area contributed by atoms with E-state index in [1.165, 1.54) is 12.7 Å². The van der Waals surface area contributed by atoms with Crippen molar-refractivity contribution in [2.45, 2.75) is 45.6 Å². The molecule has 1 N–H and O–H groups in total. The van der Waals surface area contributed by atoms with Crippen molar-refractivity contribution >= 4 is 11.7 Å². The van der Waals surface area contributed by atoms with E-state index in [2.05, 4.69) is 32.2 Å². The Kier molecular flexibility index (Phi) is 4.76. The molecule has 1 atom stereocenters. The van der Waals surface area contributed by atoms with E-state index in [1.807, 2.05) is 25.1 Å². The van der Waals surface area contributed by atoms with Gasteiger partial charge in [-0.2, -0.15) is 0 Å². The lowest BCUT2D eigenvalue weighted by Crippen LogP contribution is -2.31. The maximum atomic E-state index is 11.6. The zero-order valence-electron chi connectivity index (χ0n) is 11.9. The molecule has 0 fully saturated rings. The third-order valence-electron chi connectivity index (χ3n) is 2.96. The number of methoxy groups -OCH3 is 1. The average Bonchev–Trinajstić information content (AvgIpc) is 2.34. The van der Waals surface area contributed by atoms with E-state index in [-0.39, 0.29) is 17.4 Å². The molecule has 3 heteroatoms. The van der Waals surface area contributed by atoms with E-state index in [0.29, 0.717) is 6.42 Å². The van der Waals surface area contributed by atoms with Crippen molar-refractivity contribution in [2.75, 3.05) is 12.4 Å². The van der Waals surface area contributed by atoms with Crippen molar-refractivity contribution in [1.82, 2.24) is 0 Å². The van der Waals surface area contributed by atoms with Crippen molar-refractivity contribution < 1.29 is 9.53 Å². The van der Waals surface area contributed by atoms with Crippen molar-refractivity contribution in [3.63, 3.8) is 0 Å². The highest BCUT2D eigenvalue weighted by molar-refractivity contribution is 5.79. The molecule has 18 heavy (non-hydrogen) atoms. The van der Waals surface area contributed by atoms with Crippen LogP contribution in [-0.2, 0) is 14.9 Å². The third kappa shape index (κ3) is 3.49. The van der Waals surface area contributed by atoms with Crippen LogP contribution in [0.4, 0.5) is 5.69 Å². The van der Waals surface area contributed by atoms with Crippen LogP contribution in [-0.4, -0.2) is 19.1 Å². The van der Waals surface area contributed by atoms with Gasteiger partial charge in [-0.05, 0) is 23.5 Å². The molecule has 1 rings (SSSR count). The van der Waals surface area contributed by atoms with Crippen molar-refractivity contribution in [3.05, 3.63) is 29.8 Å². The Hall–Kier alpha value is -1.51. The average molecular weight is 249 g/mol. The van der Waals surface area contributed by atoms with Crippen molar-refractivity contribution in [2.24, 2.45) is 0 Å². The second-order valence-electron chi connectivity index (χ2n) is 5.42. The molecular weight excluding hydrogens is 226 g/mol. The molecule has 100 valence electrons. The smallest absolute Gasteiger partial charge is 0.328 e. The van der Waals surface area contributed by atoms with Crippen LogP contribution in [0.25, 0.3) is 0 Å². The van der Waals surface area contributed by atoms with E-state index in [1.54, 1.807) is 0 Å². The lowest BCUT2D eigenvalue weighted by molar-refractivity contribution is -0.141. The van der Waals surface area contributed by atoms with Crippen LogP contribution in [0.5, 0.6) is 0 Å². The number of hydrogen-bond donors (Lipinski definition) is 1. The molecule has 0 radical (unpaired) electrons. The molecule has 0 amide bonds. The number of nitrogens with one attached hydrogen (secondary N) is 1. The van der Waals surface area contributed by atoms with Gasteiger partial charge in [-0.1, -0.05) is 45.9 Å². The van der Waals surface area contributed by atoms with Crippen LogP contribution < -0.4 is 5.32 Å². The second-order valence-corrected chi connectivity index (χ2v) is 5.42. The maximum Gasteiger partial charge on any atom is 0.328 e. The lowest BCUT2D eigenvalue weighted by Gasteiger charge is -2.25. The van der Waals surface area contributed by atoms with Gasteiger partial charge in [0.15, 0.2) is 0 Å². The largest absolute Gasteiger partial charge is 0.467 e. The Balaban J connectivity index is 3.00. The summed E-state index contributed by atoms with van der Waals surface area (Å²) < 4.78 is 4.80. The fourth-order valence-electron chi connectivity index (χ4n) is 1.92. The Labute approximate surface area is 110 Å². The molecule has 0 bridgehead atoms. The Morgan fingerprint density at radius 2 is 1.94 bits per heavy atom. The van der Waals surface area contributed by atoms with Crippen LogP contribution in [0.2, 0.25) is 0 Å². The van der Waals surface area contributed by atoms with Crippen LogP contribution in [0.3, 0.4) is 0 Å². The minimum absolute atomic E-state index is 0.0397. The summed E-state index contributed by atoms with van der Waals surface area (Å²) in [4.78, 5) is 11.6. The van der Waals surface area contributed by atoms with Crippen molar-refractivity contribution in [3.8, 4) is 0 Å². The van der Waals surface area contributed by atoms with E-state index in [0.717, 1.165) is 5.69 Å². The number of hydrogen-bond acceptors (Lipinski definition) is 3. The molecule has 1 unspecified atom stereocenters. The number of carbonyl (C=O) groups excluding carboxylic acids is 1. The first-order valence-electron chi connectivity index (χ1n) is 6.34. The normalized spacial score (nSPS) is 12.9.